The van der Waals surface area contributed by atoms with Crippen LogP contribution in [0.15, 0.2) is 53.3 Å². The fraction of sp³-hybridized carbons (Fsp3) is 0.111. The smallest absolute Gasteiger partial charge is 0.338 e. The Balaban J connectivity index is 1.62. The molecule has 1 amide bonds. The molecule has 1 aromatic heterocycles. The van der Waals surface area contributed by atoms with Crippen molar-refractivity contribution in [3.63, 3.8) is 0 Å². The molecule has 0 spiro atoms. The number of nitrogens with one attached hydrogen (secondary N) is 1. The fourth-order valence-corrected chi connectivity index (χ4v) is 2.16. The fourth-order valence-electron chi connectivity index (χ4n) is 2.16. The summed E-state index contributed by atoms with van der Waals surface area (Å²) in [6.45, 7) is 1.33. The van der Waals surface area contributed by atoms with Gasteiger partial charge in [0.05, 0.1) is 11.3 Å². The molecule has 138 valence electrons. The second kappa shape index (κ2) is 7.73. The average Bonchev–Trinajstić information content (AvgIpc) is 3.18. The van der Waals surface area contributed by atoms with Crippen LogP contribution in [0.4, 0.5) is 14.5 Å². The Hall–Kier alpha value is -3.62. The number of ether oxygens (including phenoxy) is 1. The molecule has 3 rings (SSSR count). The van der Waals surface area contributed by atoms with Crippen LogP contribution in [0.2, 0.25) is 0 Å². The number of amides is 1. The predicted octanol–water partition coefficient (Wildman–Crippen LogP) is 3.20. The van der Waals surface area contributed by atoms with E-state index in [-0.39, 0.29) is 11.3 Å². The largest absolute Gasteiger partial charge is 0.449 e. The third-order valence-electron chi connectivity index (χ3n) is 3.57. The average molecular weight is 373 g/mol. The molecule has 1 N–H and O–H groups in total. The lowest BCUT2D eigenvalue weighted by Crippen LogP contribution is -2.30. The van der Waals surface area contributed by atoms with Crippen molar-refractivity contribution in [2.24, 2.45) is 0 Å². The summed E-state index contributed by atoms with van der Waals surface area (Å²) < 4.78 is 36.6. The van der Waals surface area contributed by atoms with Crippen LogP contribution in [-0.4, -0.2) is 28.2 Å². The van der Waals surface area contributed by atoms with Crippen molar-refractivity contribution < 1.29 is 27.5 Å². The Bertz CT molecular complexity index is 959. The van der Waals surface area contributed by atoms with Gasteiger partial charge in [-0.3, -0.25) is 4.79 Å². The molecular weight excluding hydrogens is 360 g/mol. The first-order chi connectivity index (χ1) is 12.9. The minimum Gasteiger partial charge on any atom is -0.449 e. The van der Waals surface area contributed by atoms with E-state index < -0.39 is 29.6 Å². The summed E-state index contributed by atoms with van der Waals surface area (Å²) in [5.41, 5.74) is 0.598. The van der Waals surface area contributed by atoms with Gasteiger partial charge in [-0.1, -0.05) is 0 Å². The Kier molecular flexibility index (Phi) is 5.20. The molecular formula is C18H13F2N3O4. The minimum atomic E-state index is -1.20. The number of rotatable bonds is 5. The third-order valence-corrected chi connectivity index (χ3v) is 3.57. The molecule has 0 bridgehead atoms. The third kappa shape index (κ3) is 4.32. The highest BCUT2D eigenvalue weighted by atomic mass is 19.1. The zero-order valence-corrected chi connectivity index (χ0v) is 14.0. The van der Waals surface area contributed by atoms with Crippen LogP contribution in [0.5, 0.6) is 0 Å². The molecule has 0 aliphatic carbocycles. The molecule has 27 heavy (non-hydrogen) atoms. The number of carbonyl (C=O) groups excluding carboxylic acids is 2. The first-order valence-corrected chi connectivity index (χ1v) is 7.77. The van der Waals surface area contributed by atoms with E-state index in [1.54, 1.807) is 12.1 Å². The lowest BCUT2D eigenvalue weighted by Gasteiger charge is -2.14. The number of aromatic nitrogens is 2. The van der Waals surface area contributed by atoms with Gasteiger partial charge in [-0.05, 0) is 43.3 Å². The van der Waals surface area contributed by atoms with Crippen molar-refractivity contribution in [1.29, 1.82) is 0 Å². The number of hydrogen-bond acceptors (Lipinski definition) is 6. The first-order valence-electron chi connectivity index (χ1n) is 7.77. The molecule has 0 aliphatic heterocycles. The van der Waals surface area contributed by atoms with Gasteiger partial charge in [0, 0.05) is 11.6 Å². The van der Waals surface area contributed by atoms with E-state index >= 15 is 0 Å². The van der Waals surface area contributed by atoms with Crippen molar-refractivity contribution in [2.75, 3.05) is 5.32 Å². The van der Waals surface area contributed by atoms with Gasteiger partial charge in [0.1, 0.15) is 11.6 Å². The zero-order chi connectivity index (χ0) is 19.4. The molecule has 9 heteroatoms. The zero-order valence-electron chi connectivity index (χ0n) is 14.0. The molecule has 0 saturated heterocycles. The second-order valence-corrected chi connectivity index (χ2v) is 5.48. The molecule has 0 saturated carbocycles. The van der Waals surface area contributed by atoms with Crippen molar-refractivity contribution >= 4 is 17.6 Å². The van der Waals surface area contributed by atoms with Gasteiger partial charge in [-0.15, -0.1) is 10.2 Å². The quantitative estimate of drug-likeness (QED) is 0.690. The van der Waals surface area contributed by atoms with Crippen molar-refractivity contribution in [1.82, 2.24) is 10.2 Å². The molecule has 1 heterocycles. The van der Waals surface area contributed by atoms with Crippen LogP contribution < -0.4 is 5.32 Å². The van der Waals surface area contributed by atoms with Gasteiger partial charge in [0.25, 0.3) is 5.91 Å². The number of carbonyl (C=O) groups is 2. The monoisotopic (exact) mass is 373 g/mol. The van der Waals surface area contributed by atoms with E-state index in [0.29, 0.717) is 17.5 Å². The number of nitrogens with zero attached hydrogens (tertiary/aromatic N) is 2. The van der Waals surface area contributed by atoms with E-state index in [2.05, 4.69) is 15.5 Å². The highest BCUT2D eigenvalue weighted by molar-refractivity contribution is 5.97. The van der Waals surface area contributed by atoms with Crippen molar-refractivity contribution in [3.05, 3.63) is 66.1 Å². The highest BCUT2D eigenvalue weighted by Gasteiger charge is 2.20. The topological polar surface area (TPSA) is 94.3 Å². The SMILES string of the molecule is C[C@H](OC(=O)c1ccc(-c2nnco2)cc1)C(=O)Nc1ccc(F)cc1F. The lowest BCUT2D eigenvalue weighted by atomic mass is 10.1. The van der Waals surface area contributed by atoms with Crippen molar-refractivity contribution in [2.45, 2.75) is 13.0 Å². The summed E-state index contributed by atoms with van der Waals surface area (Å²) in [6, 6.07) is 8.84. The van der Waals surface area contributed by atoms with Crippen LogP contribution >= 0.6 is 0 Å². The predicted molar refractivity (Wildman–Crippen MR) is 89.6 cm³/mol. The number of anilines is 1. The minimum absolute atomic E-state index is 0.200. The van der Waals surface area contributed by atoms with Gasteiger partial charge in [-0.25, -0.2) is 13.6 Å². The molecule has 0 radical (unpaired) electrons. The van der Waals surface area contributed by atoms with Crippen LogP contribution in [0.1, 0.15) is 17.3 Å². The van der Waals surface area contributed by atoms with E-state index in [1.165, 1.54) is 25.5 Å². The van der Waals surface area contributed by atoms with Gasteiger partial charge in [-0.2, -0.15) is 0 Å². The summed E-state index contributed by atoms with van der Waals surface area (Å²) in [7, 11) is 0. The van der Waals surface area contributed by atoms with E-state index in [1.807, 2.05) is 0 Å². The van der Waals surface area contributed by atoms with Crippen LogP contribution in [0, 0.1) is 11.6 Å². The van der Waals surface area contributed by atoms with Gasteiger partial charge in [0.2, 0.25) is 12.3 Å². The number of benzene rings is 2. The maximum atomic E-state index is 13.6. The highest BCUT2D eigenvalue weighted by Crippen LogP contribution is 2.18. The Labute approximate surface area is 152 Å². The maximum absolute atomic E-state index is 13.6. The number of hydrogen-bond donors (Lipinski definition) is 1. The Morgan fingerprint density at radius 3 is 2.52 bits per heavy atom. The van der Waals surface area contributed by atoms with Crippen LogP contribution in [0.3, 0.4) is 0 Å². The lowest BCUT2D eigenvalue weighted by molar-refractivity contribution is -0.123. The Morgan fingerprint density at radius 2 is 1.89 bits per heavy atom. The van der Waals surface area contributed by atoms with E-state index in [9.17, 15) is 18.4 Å². The standard InChI is InChI=1S/C18H13F2N3O4/c1-10(16(24)22-15-7-6-13(19)8-14(15)20)27-18(25)12-4-2-11(3-5-12)17-23-21-9-26-17/h2-10H,1H3,(H,22,24)/t10-/m0/s1. The summed E-state index contributed by atoms with van der Waals surface area (Å²) in [6.07, 6.45) is -0.0144. The molecule has 0 unspecified atom stereocenters. The normalized spacial score (nSPS) is 11.7. The molecule has 3 aromatic rings. The molecule has 7 nitrogen and oxygen atoms in total. The molecule has 0 fully saturated rings. The summed E-state index contributed by atoms with van der Waals surface area (Å²) in [5.74, 6) is -2.90. The summed E-state index contributed by atoms with van der Waals surface area (Å²) >= 11 is 0. The maximum Gasteiger partial charge on any atom is 0.338 e. The Morgan fingerprint density at radius 1 is 1.15 bits per heavy atom. The van der Waals surface area contributed by atoms with Crippen LogP contribution in [-0.2, 0) is 9.53 Å². The number of esters is 1. The molecule has 1 atom stereocenters. The van der Waals surface area contributed by atoms with Crippen LogP contribution in [0.25, 0.3) is 11.5 Å². The van der Waals surface area contributed by atoms with E-state index in [0.717, 1.165) is 12.1 Å². The first kappa shape index (κ1) is 18.2. The van der Waals surface area contributed by atoms with E-state index in [4.69, 9.17) is 9.15 Å². The summed E-state index contributed by atoms with van der Waals surface area (Å²) in [5, 5.41) is 9.54. The van der Waals surface area contributed by atoms with Gasteiger partial charge in [0.15, 0.2) is 6.10 Å². The van der Waals surface area contributed by atoms with Gasteiger partial charge < -0.3 is 14.5 Å². The van der Waals surface area contributed by atoms with Gasteiger partial charge >= 0.3 is 5.97 Å². The second-order valence-electron chi connectivity index (χ2n) is 5.48. The summed E-state index contributed by atoms with van der Waals surface area (Å²) in [4.78, 5) is 24.2. The molecule has 2 aromatic carbocycles. The number of halogens is 2. The molecule has 0 aliphatic rings. The van der Waals surface area contributed by atoms with Crippen molar-refractivity contribution in [3.8, 4) is 11.5 Å².